The first-order chi connectivity index (χ1) is 9.65. The van der Waals surface area contributed by atoms with Gasteiger partial charge in [0.25, 0.3) is 0 Å². The first-order valence-electron chi connectivity index (χ1n) is 6.70. The van der Waals surface area contributed by atoms with Crippen molar-refractivity contribution in [1.82, 2.24) is 9.97 Å². The Balaban J connectivity index is 2.14. The zero-order valence-electron chi connectivity index (χ0n) is 11.9. The second-order valence-corrected chi connectivity index (χ2v) is 5.03. The lowest BCUT2D eigenvalue weighted by atomic mass is 10.0. The molecule has 0 radical (unpaired) electrons. The van der Waals surface area contributed by atoms with E-state index in [1.54, 1.807) is 0 Å². The molecule has 3 nitrogen and oxygen atoms in total. The number of aryl methyl sites for hydroxylation is 2. The normalized spacial score (nSPS) is 10.8. The van der Waals surface area contributed by atoms with Gasteiger partial charge in [0.15, 0.2) is 0 Å². The molecule has 3 aromatic rings. The Labute approximate surface area is 118 Å². The molecule has 2 aromatic carbocycles. The van der Waals surface area contributed by atoms with Crippen molar-refractivity contribution in [3.63, 3.8) is 0 Å². The minimum Gasteiger partial charge on any atom is -0.357 e. The molecule has 0 aliphatic rings. The van der Waals surface area contributed by atoms with Crippen molar-refractivity contribution in [2.45, 2.75) is 13.8 Å². The first kappa shape index (κ1) is 12.6. The summed E-state index contributed by atoms with van der Waals surface area (Å²) in [6, 6.07) is 14.9. The molecule has 3 heteroatoms. The lowest BCUT2D eigenvalue weighted by molar-refractivity contribution is 1.10. The Morgan fingerprint density at radius 1 is 0.850 bits per heavy atom. The summed E-state index contributed by atoms with van der Waals surface area (Å²) in [6.45, 7) is 4.09. The van der Waals surface area contributed by atoms with Gasteiger partial charge >= 0.3 is 0 Å². The fraction of sp³-hybridized carbons (Fsp3) is 0.176. The molecule has 0 bridgehead atoms. The minimum atomic E-state index is 0.656. The minimum absolute atomic E-state index is 0.656. The standard InChI is InChI=1S/C17H17N3/c1-11-4-5-14-10-15(7-6-13(14)8-11)16-9-12(2)19-17(18-3)20-16/h4-10H,1-3H3,(H,18,19,20). The maximum Gasteiger partial charge on any atom is 0.223 e. The molecule has 1 heterocycles. The third kappa shape index (κ3) is 2.35. The van der Waals surface area contributed by atoms with E-state index >= 15 is 0 Å². The van der Waals surface area contributed by atoms with Crippen LogP contribution in [0.4, 0.5) is 5.95 Å². The van der Waals surface area contributed by atoms with Gasteiger partial charge in [0.05, 0.1) is 5.69 Å². The van der Waals surface area contributed by atoms with Gasteiger partial charge < -0.3 is 5.32 Å². The Bertz CT molecular complexity index is 778. The molecule has 0 aliphatic carbocycles. The van der Waals surface area contributed by atoms with Crippen LogP contribution in [0.25, 0.3) is 22.0 Å². The van der Waals surface area contributed by atoms with Crippen LogP contribution in [0.2, 0.25) is 0 Å². The van der Waals surface area contributed by atoms with Crippen LogP contribution >= 0.6 is 0 Å². The molecule has 1 aromatic heterocycles. The summed E-state index contributed by atoms with van der Waals surface area (Å²) in [5.74, 6) is 0.656. The van der Waals surface area contributed by atoms with Crippen LogP contribution in [0.1, 0.15) is 11.3 Å². The van der Waals surface area contributed by atoms with E-state index in [4.69, 9.17) is 0 Å². The van der Waals surface area contributed by atoms with Crippen molar-refractivity contribution in [2.75, 3.05) is 12.4 Å². The molecule has 0 saturated carbocycles. The van der Waals surface area contributed by atoms with Gasteiger partial charge in [-0.25, -0.2) is 9.97 Å². The van der Waals surface area contributed by atoms with E-state index in [2.05, 4.69) is 58.6 Å². The maximum atomic E-state index is 4.52. The Kier molecular flexibility index (Phi) is 3.11. The van der Waals surface area contributed by atoms with Crippen LogP contribution in [0.15, 0.2) is 42.5 Å². The summed E-state index contributed by atoms with van der Waals surface area (Å²) in [5, 5.41) is 5.49. The van der Waals surface area contributed by atoms with Crippen LogP contribution < -0.4 is 5.32 Å². The fourth-order valence-electron chi connectivity index (χ4n) is 2.35. The van der Waals surface area contributed by atoms with Crippen molar-refractivity contribution < 1.29 is 0 Å². The molecular formula is C17H17N3. The predicted octanol–water partition coefficient (Wildman–Crippen LogP) is 3.96. The van der Waals surface area contributed by atoms with Gasteiger partial charge in [-0.3, -0.25) is 0 Å². The van der Waals surface area contributed by atoms with E-state index in [0.29, 0.717) is 5.95 Å². The smallest absolute Gasteiger partial charge is 0.223 e. The number of benzene rings is 2. The Hall–Kier alpha value is -2.42. The number of hydrogen-bond donors (Lipinski definition) is 1. The van der Waals surface area contributed by atoms with Crippen LogP contribution in [0.3, 0.4) is 0 Å². The lowest BCUT2D eigenvalue weighted by Gasteiger charge is -2.07. The summed E-state index contributed by atoms with van der Waals surface area (Å²) in [5.41, 5.74) is 4.30. The number of aromatic nitrogens is 2. The molecule has 0 aliphatic heterocycles. The zero-order valence-corrected chi connectivity index (χ0v) is 11.9. The van der Waals surface area contributed by atoms with Gasteiger partial charge in [-0.1, -0.05) is 35.9 Å². The second kappa shape index (κ2) is 4.93. The number of hydrogen-bond acceptors (Lipinski definition) is 3. The Morgan fingerprint density at radius 2 is 1.60 bits per heavy atom. The third-order valence-corrected chi connectivity index (χ3v) is 3.37. The van der Waals surface area contributed by atoms with E-state index in [0.717, 1.165) is 17.0 Å². The van der Waals surface area contributed by atoms with Crippen molar-refractivity contribution in [3.05, 3.63) is 53.7 Å². The molecule has 0 spiro atoms. The summed E-state index contributed by atoms with van der Waals surface area (Å²) in [4.78, 5) is 8.85. The number of anilines is 1. The van der Waals surface area contributed by atoms with Crippen molar-refractivity contribution in [3.8, 4) is 11.3 Å². The molecular weight excluding hydrogens is 246 g/mol. The van der Waals surface area contributed by atoms with E-state index in [1.165, 1.54) is 16.3 Å². The second-order valence-electron chi connectivity index (χ2n) is 5.03. The van der Waals surface area contributed by atoms with Crippen molar-refractivity contribution in [1.29, 1.82) is 0 Å². The largest absolute Gasteiger partial charge is 0.357 e. The number of nitrogens with zero attached hydrogens (tertiary/aromatic N) is 2. The summed E-state index contributed by atoms with van der Waals surface area (Å²) < 4.78 is 0. The molecule has 3 rings (SSSR count). The maximum absolute atomic E-state index is 4.52. The van der Waals surface area contributed by atoms with Crippen LogP contribution in [0, 0.1) is 13.8 Å². The Morgan fingerprint density at radius 3 is 2.40 bits per heavy atom. The van der Waals surface area contributed by atoms with Crippen LogP contribution in [-0.4, -0.2) is 17.0 Å². The van der Waals surface area contributed by atoms with E-state index < -0.39 is 0 Å². The van der Waals surface area contributed by atoms with Gasteiger partial charge in [0.2, 0.25) is 5.95 Å². The number of nitrogens with one attached hydrogen (secondary N) is 1. The predicted molar refractivity (Wildman–Crippen MR) is 84.0 cm³/mol. The quantitative estimate of drug-likeness (QED) is 0.760. The first-order valence-corrected chi connectivity index (χ1v) is 6.70. The van der Waals surface area contributed by atoms with E-state index in [1.807, 2.05) is 20.0 Å². The lowest BCUT2D eigenvalue weighted by Crippen LogP contribution is -1.99. The monoisotopic (exact) mass is 263 g/mol. The van der Waals surface area contributed by atoms with Crippen molar-refractivity contribution >= 4 is 16.7 Å². The van der Waals surface area contributed by atoms with Gasteiger partial charge in [-0.15, -0.1) is 0 Å². The zero-order chi connectivity index (χ0) is 14.1. The highest BCUT2D eigenvalue weighted by Crippen LogP contribution is 2.24. The fourth-order valence-corrected chi connectivity index (χ4v) is 2.35. The van der Waals surface area contributed by atoms with Gasteiger partial charge in [-0.05, 0) is 36.8 Å². The third-order valence-electron chi connectivity index (χ3n) is 3.37. The molecule has 1 N–H and O–H groups in total. The van der Waals surface area contributed by atoms with E-state index in [-0.39, 0.29) is 0 Å². The number of fused-ring (bicyclic) bond motifs is 1. The molecule has 0 saturated heterocycles. The van der Waals surface area contributed by atoms with Crippen LogP contribution in [-0.2, 0) is 0 Å². The summed E-state index contributed by atoms with van der Waals surface area (Å²) in [7, 11) is 1.84. The van der Waals surface area contributed by atoms with E-state index in [9.17, 15) is 0 Å². The molecule has 0 unspecified atom stereocenters. The van der Waals surface area contributed by atoms with Gasteiger partial charge in [0.1, 0.15) is 0 Å². The average Bonchev–Trinajstić information content (AvgIpc) is 2.46. The molecule has 20 heavy (non-hydrogen) atoms. The summed E-state index contributed by atoms with van der Waals surface area (Å²) >= 11 is 0. The SMILES string of the molecule is CNc1nc(C)cc(-c2ccc3cc(C)ccc3c2)n1. The average molecular weight is 263 g/mol. The van der Waals surface area contributed by atoms with Crippen molar-refractivity contribution in [2.24, 2.45) is 0 Å². The highest BCUT2D eigenvalue weighted by atomic mass is 15.1. The van der Waals surface area contributed by atoms with Crippen LogP contribution in [0.5, 0.6) is 0 Å². The molecule has 0 amide bonds. The molecule has 100 valence electrons. The van der Waals surface area contributed by atoms with Gasteiger partial charge in [-0.2, -0.15) is 0 Å². The molecule has 0 atom stereocenters. The highest BCUT2D eigenvalue weighted by Gasteiger charge is 2.05. The molecule has 0 fully saturated rings. The van der Waals surface area contributed by atoms with Gasteiger partial charge in [0, 0.05) is 18.3 Å². The number of rotatable bonds is 2. The highest BCUT2D eigenvalue weighted by molar-refractivity contribution is 5.87. The topological polar surface area (TPSA) is 37.8 Å². The summed E-state index contributed by atoms with van der Waals surface area (Å²) in [6.07, 6.45) is 0.